The summed E-state index contributed by atoms with van der Waals surface area (Å²) in [6.07, 6.45) is 0.551. The average Bonchev–Trinajstić information content (AvgIpc) is 2.03. The van der Waals surface area contributed by atoms with Crippen molar-refractivity contribution in [2.24, 2.45) is 17.4 Å². The Morgan fingerprint density at radius 1 is 1.40 bits per heavy atom. The number of nitrogens with two attached hydrogens (primary N) is 2. The molecule has 0 aromatic rings. The topological polar surface area (TPSA) is 106 Å². The van der Waals surface area contributed by atoms with Gasteiger partial charge in [0.25, 0.3) is 0 Å². The first-order valence-corrected chi connectivity index (χ1v) is 4.62. The Morgan fingerprint density at radius 3 is 1.80 bits per heavy atom. The van der Waals surface area contributed by atoms with Crippen LogP contribution in [0.25, 0.3) is 0 Å². The third kappa shape index (κ3) is 12.6. The van der Waals surface area contributed by atoms with Gasteiger partial charge >= 0.3 is 5.97 Å². The maximum atomic E-state index is 10.1. The molecule has 0 aromatic heterocycles. The van der Waals surface area contributed by atoms with Crippen LogP contribution in [-0.4, -0.2) is 23.0 Å². The van der Waals surface area contributed by atoms with E-state index < -0.39 is 17.9 Å². The fourth-order valence-corrected chi connectivity index (χ4v) is 0.609. The van der Waals surface area contributed by atoms with Crippen LogP contribution < -0.4 is 11.5 Å². The van der Waals surface area contributed by atoms with Gasteiger partial charge in [-0.25, -0.2) is 0 Å². The summed E-state index contributed by atoms with van der Waals surface area (Å²) in [6, 6.07) is -0.690. The SMILES string of the molecule is C=C(C)C(N)=O.CC(C)C[C@H](N)C(=O)O. The van der Waals surface area contributed by atoms with Gasteiger partial charge in [0.15, 0.2) is 0 Å². The zero-order chi connectivity index (χ0) is 12.6. The van der Waals surface area contributed by atoms with Crippen LogP contribution in [0, 0.1) is 5.92 Å². The highest BCUT2D eigenvalue weighted by molar-refractivity contribution is 5.90. The lowest BCUT2D eigenvalue weighted by atomic mass is 10.1. The number of rotatable bonds is 4. The number of primary amides is 1. The van der Waals surface area contributed by atoms with E-state index in [2.05, 4.69) is 6.58 Å². The molecular weight excluding hydrogens is 196 g/mol. The molecule has 0 aliphatic carbocycles. The number of amides is 1. The van der Waals surface area contributed by atoms with E-state index in [4.69, 9.17) is 16.6 Å². The van der Waals surface area contributed by atoms with Gasteiger partial charge in [0.1, 0.15) is 6.04 Å². The minimum Gasteiger partial charge on any atom is -0.480 e. The van der Waals surface area contributed by atoms with E-state index in [9.17, 15) is 9.59 Å². The molecular formula is C10H20N2O3. The molecule has 0 saturated carbocycles. The second-order valence-corrected chi connectivity index (χ2v) is 3.72. The van der Waals surface area contributed by atoms with Crippen LogP contribution in [0.3, 0.4) is 0 Å². The van der Waals surface area contributed by atoms with Crippen LogP contribution in [0.2, 0.25) is 0 Å². The highest BCUT2D eigenvalue weighted by atomic mass is 16.4. The third-order valence-corrected chi connectivity index (χ3v) is 1.46. The zero-order valence-electron chi connectivity index (χ0n) is 9.49. The van der Waals surface area contributed by atoms with E-state index in [0.717, 1.165) is 0 Å². The lowest BCUT2D eigenvalue weighted by Gasteiger charge is -2.07. The van der Waals surface area contributed by atoms with E-state index in [1.165, 1.54) is 0 Å². The maximum absolute atomic E-state index is 10.1. The van der Waals surface area contributed by atoms with Crippen LogP contribution >= 0.6 is 0 Å². The van der Waals surface area contributed by atoms with Crippen LogP contribution in [0.1, 0.15) is 27.2 Å². The van der Waals surface area contributed by atoms with Gasteiger partial charge in [-0.05, 0) is 19.3 Å². The first-order valence-electron chi connectivity index (χ1n) is 4.62. The standard InChI is InChI=1S/C6H13NO2.C4H7NO/c1-4(2)3-5(7)6(8)9;1-3(2)4(5)6/h4-5H,3,7H2,1-2H3,(H,8,9);1H2,2H3,(H2,5,6)/t5-;/m0./s1. The lowest BCUT2D eigenvalue weighted by Crippen LogP contribution is -2.31. The maximum Gasteiger partial charge on any atom is 0.320 e. The monoisotopic (exact) mass is 216 g/mol. The molecule has 0 saturated heterocycles. The zero-order valence-corrected chi connectivity index (χ0v) is 9.49. The third-order valence-electron chi connectivity index (χ3n) is 1.46. The summed E-state index contributed by atoms with van der Waals surface area (Å²) < 4.78 is 0. The van der Waals surface area contributed by atoms with E-state index in [1.54, 1.807) is 6.92 Å². The second-order valence-electron chi connectivity index (χ2n) is 3.72. The fraction of sp³-hybridized carbons (Fsp3) is 0.600. The van der Waals surface area contributed by atoms with Crippen molar-refractivity contribution in [3.63, 3.8) is 0 Å². The van der Waals surface area contributed by atoms with Crippen molar-refractivity contribution < 1.29 is 14.7 Å². The number of carbonyl (C=O) groups excluding carboxylic acids is 1. The summed E-state index contributed by atoms with van der Waals surface area (Å²) in [7, 11) is 0. The molecule has 0 rings (SSSR count). The van der Waals surface area contributed by atoms with Gasteiger partial charge in [-0.15, -0.1) is 0 Å². The molecule has 0 aromatic carbocycles. The average molecular weight is 216 g/mol. The van der Waals surface area contributed by atoms with Crippen molar-refractivity contribution >= 4 is 11.9 Å². The van der Waals surface area contributed by atoms with Gasteiger partial charge in [0.2, 0.25) is 5.91 Å². The number of aliphatic carboxylic acids is 1. The summed E-state index contributed by atoms with van der Waals surface area (Å²) >= 11 is 0. The van der Waals surface area contributed by atoms with E-state index in [-0.39, 0.29) is 0 Å². The van der Waals surface area contributed by atoms with Gasteiger partial charge in [-0.1, -0.05) is 20.4 Å². The molecule has 5 heteroatoms. The number of carbonyl (C=O) groups is 2. The van der Waals surface area contributed by atoms with Crippen molar-refractivity contribution in [1.82, 2.24) is 0 Å². The summed E-state index contributed by atoms with van der Waals surface area (Å²) in [6.45, 7) is 8.75. The molecule has 15 heavy (non-hydrogen) atoms. The molecule has 88 valence electrons. The molecule has 0 unspecified atom stereocenters. The van der Waals surface area contributed by atoms with E-state index in [0.29, 0.717) is 17.9 Å². The molecule has 0 aliphatic rings. The Balaban J connectivity index is 0. The number of carboxylic acids is 1. The van der Waals surface area contributed by atoms with Gasteiger partial charge < -0.3 is 16.6 Å². The molecule has 1 atom stereocenters. The van der Waals surface area contributed by atoms with Crippen LogP contribution in [0.5, 0.6) is 0 Å². The lowest BCUT2D eigenvalue weighted by molar-refractivity contribution is -0.138. The quantitative estimate of drug-likeness (QED) is 0.594. The molecule has 0 spiro atoms. The summed E-state index contributed by atoms with van der Waals surface area (Å²) in [5.41, 5.74) is 10.3. The second kappa shape index (κ2) is 7.99. The van der Waals surface area contributed by atoms with Gasteiger partial charge in [-0.2, -0.15) is 0 Å². The predicted octanol–water partition coefficient (Wildman–Crippen LogP) is 0.492. The number of carboxylic acid groups (broad SMARTS) is 1. The van der Waals surface area contributed by atoms with Crippen molar-refractivity contribution in [2.45, 2.75) is 33.2 Å². The van der Waals surface area contributed by atoms with Gasteiger partial charge in [0, 0.05) is 5.57 Å². The summed E-state index contributed by atoms with van der Waals surface area (Å²) in [4.78, 5) is 19.9. The predicted molar refractivity (Wildman–Crippen MR) is 59.1 cm³/mol. The van der Waals surface area contributed by atoms with Gasteiger partial charge in [0.05, 0.1) is 0 Å². The summed E-state index contributed by atoms with van der Waals surface area (Å²) in [5.74, 6) is -0.991. The highest BCUT2D eigenvalue weighted by Gasteiger charge is 2.11. The minimum atomic E-state index is -0.913. The first kappa shape index (κ1) is 16.1. The molecule has 0 radical (unpaired) electrons. The van der Waals surface area contributed by atoms with Gasteiger partial charge in [-0.3, -0.25) is 9.59 Å². The van der Waals surface area contributed by atoms with Crippen molar-refractivity contribution in [1.29, 1.82) is 0 Å². The van der Waals surface area contributed by atoms with Crippen molar-refractivity contribution in [3.8, 4) is 0 Å². The largest absolute Gasteiger partial charge is 0.480 e. The van der Waals surface area contributed by atoms with Crippen LogP contribution in [0.15, 0.2) is 12.2 Å². The summed E-state index contributed by atoms with van der Waals surface area (Å²) in [5, 5.41) is 8.31. The number of hydrogen-bond donors (Lipinski definition) is 3. The fourth-order valence-electron chi connectivity index (χ4n) is 0.609. The highest BCUT2D eigenvalue weighted by Crippen LogP contribution is 2.01. The normalized spacial score (nSPS) is 11.3. The number of hydrogen-bond acceptors (Lipinski definition) is 3. The van der Waals surface area contributed by atoms with E-state index >= 15 is 0 Å². The molecule has 0 fully saturated rings. The van der Waals surface area contributed by atoms with E-state index in [1.807, 2.05) is 13.8 Å². The smallest absolute Gasteiger partial charge is 0.320 e. The Morgan fingerprint density at radius 2 is 1.73 bits per heavy atom. The first-order chi connectivity index (χ1) is 6.68. The molecule has 5 N–H and O–H groups in total. The van der Waals surface area contributed by atoms with Crippen molar-refractivity contribution in [3.05, 3.63) is 12.2 Å². The minimum absolute atomic E-state index is 0.357. The molecule has 5 nitrogen and oxygen atoms in total. The van der Waals surface area contributed by atoms with Crippen LogP contribution in [-0.2, 0) is 9.59 Å². The Bertz CT molecular complexity index is 225. The Hall–Kier alpha value is -1.36. The molecule has 0 aliphatic heterocycles. The van der Waals surface area contributed by atoms with Crippen LogP contribution in [0.4, 0.5) is 0 Å². The van der Waals surface area contributed by atoms with Crippen molar-refractivity contribution in [2.75, 3.05) is 0 Å². The Labute approximate surface area is 90.1 Å². The Kier molecular flexibility index (Phi) is 8.57. The molecule has 1 amide bonds. The molecule has 0 bridgehead atoms. The molecule has 0 heterocycles.